The second-order valence-electron chi connectivity index (χ2n) is 5.24. The minimum Gasteiger partial charge on any atom is -0.322 e. The van der Waals surface area contributed by atoms with Gasteiger partial charge in [0.15, 0.2) is 0 Å². The maximum atomic E-state index is 13.5. The summed E-state index contributed by atoms with van der Waals surface area (Å²) in [5.41, 5.74) is 0.0260. The van der Waals surface area contributed by atoms with Crippen molar-refractivity contribution in [3.8, 4) is 0 Å². The molecule has 1 aromatic carbocycles. The number of amides is 1. The second kappa shape index (κ2) is 6.79. The molecule has 1 saturated heterocycles. The van der Waals surface area contributed by atoms with Gasteiger partial charge in [-0.3, -0.25) is 9.69 Å². The zero-order chi connectivity index (χ0) is 14.5. The number of anilines is 1. The molecule has 1 atom stereocenters. The molecule has 2 rings (SSSR count). The highest BCUT2D eigenvalue weighted by Crippen LogP contribution is 2.17. The lowest BCUT2D eigenvalue weighted by molar-refractivity contribution is -0.120. The van der Waals surface area contributed by atoms with Crippen LogP contribution in [0, 0.1) is 11.6 Å². The number of rotatable bonds is 3. The summed E-state index contributed by atoms with van der Waals surface area (Å²) in [6.07, 6.45) is 4.56. The average Bonchev–Trinajstić information content (AvgIpc) is 2.70. The lowest BCUT2D eigenvalue weighted by Gasteiger charge is -2.26. The molecule has 5 heteroatoms. The van der Waals surface area contributed by atoms with Crippen molar-refractivity contribution in [3.05, 3.63) is 29.8 Å². The van der Waals surface area contributed by atoms with Crippen LogP contribution < -0.4 is 5.32 Å². The Kier molecular flexibility index (Phi) is 5.06. The van der Waals surface area contributed by atoms with Crippen molar-refractivity contribution >= 4 is 11.6 Å². The third kappa shape index (κ3) is 3.76. The van der Waals surface area contributed by atoms with Gasteiger partial charge in [0.1, 0.15) is 11.6 Å². The van der Waals surface area contributed by atoms with E-state index in [1.54, 1.807) is 0 Å². The molecule has 0 bridgehead atoms. The maximum Gasteiger partial charge on any atom is 0.241 e. The first-order valence-electron chi connectivity index (χ1n) is 7.08. The summed E-state index contributed by atoms with van der Waals surface area (Å²) < 4.78 is 26.3. The Morgan fingerprint density at radius 3 is 2.45 bits per heavy atom. The molecule has 0 spiro atoms. The highest BCUT2D eigenvalue weighted by Gasteiger charge is 2.22. The number of benzene rings is 1. The van der Waals surface area contributed by atoms with E-state index < -0.39 is 11.6 Å². The molecule has 1 aromatic rings. The van der Waals surface area contributed by atoms with E-state index in [1.165, 1.54) is 18.9 Å². The van der Waals surface area contributed by atoms with Gasteiger partial charge >= 0.3 is 0 Å². The van der Waals surface area contributed by atoms with E-state index in [0.29, 0.717) is 0 Å². The summed E-state index contributed by atoms with van der Waals surface area (Å²) in [6, 6.07) is 2.84. The monoisotopic (exact) mass is 282 g/mol. The van der Waals surface area contributed by atoms with Crippen LogP contribution in [0.3, 0.4) is 0 Å². The highest BCUT2D eigenvalue weighted by atomic mass is 19.1. The van der Waals surface area contributed by atoms with Crippen molar-refractivity contribution in [2.24, 2.45) is 0 Å². The predicted molar refractivity (Wildman–Crippen MR) is 74.5 cm³/mol. The van der Waals surface area contributed by atoms with Gasteiger partial charge in [-0.1, -0.05) is 12.8 Å². The first-order valence-corrected chi connectivity index (χ1v) is 7.08. The second-order valence-corrected chi connectivity index (χ2v) is 5.24. The lowest BCUT2D eigenvalue weighted by atomic mass is 10.2. The molecule has 0 unspecified atom stereocenters. The Labute approximate surface area is 118 Å². The molecule has 1 amide bonds. The number of likely N-dealkylation sites (tertiary alicyclic amines) is 1. The van der Waals surface area contributed by atoms with E-state index in [2.05, 4.69) is 10.2 Å². The Balaban J connectivity index is 1.99. The Hall–Kier alpha value is -1.49. The van der Waals surface area contributed by atoms with Gasteiger partial charge in [-0.2, -0.15) is 0 Å². The number of carbonyl (C=O) groups excluding carboxylic acids is 1. The van der Waals surface area contributed by atoms with Crippen LogP contribution in [0.15, 0.2) is 18.2 Å². The molecule has 1 fully saturated rings. The predicted octanol–water partition coefficient (Wildman–Crippen LogP) is 3.17. The van der Waals surface area contributed by atoms with E-state index in [9.17, 15) is 13.6 Å². The number of carbonyl (C=O) groups is 1. The molecule has 1 N–H and O–H groups in total. The molecular weight excluding hydrogens is 262 g/mol. The van der Waals surface area contributed by atoms with Crippen molar-refractivity contribution in [1.29, 1.82) is 0 Å². The number of nitrogens with one attached hydrogen (secondary N) is 1. The van der Waals surface area contributed by atoms with Crippen LogP contribution in [-0.2, 0) is 4.79 Å². The Morgan fingerprint density at radius 2 is 1.85 bits per heavy atom. The molecule has 110 valence electrons. The molecule has 0 aliphatic carbocycles. The van der Waals surface area contributed by atoms with Crippen LogP contribution in [0.1, 0.15) is 32.6 Å². The molecular formula is C15H20F2N2O. The minimum atomic E-state index is -0.749. The van der Waals surface area contributed by atoms with Crippen molar-refractivity contribution in [1.82, 2.24) is 4.90 Å². The third-order valence-corrected chi connectivity index (χ3v) is 3.76. The largest absolute Gasteiger partial charge is 0.322 e. The van der Waals surface area contributed by atoms with Gasteiger partial charge in [-0.15, -0.1) is 0 Å². The van der Waals surface area contributed by atoms with Crippen LogP contribution in [0.5, 0.6) is 0 Å². The minimum absolute atomic E-state index is 0.0260. The Bertz CT molecular complexity index is 471. The molecule has 1 heterocycles. The van der Waals surface area contributed by atoms with E-state index in [4.69, 9.17) is 0 Å². The molecule has 0 radical (unpaired) electrons. The fourth-order valence-electron chi connectivity index (χ4n) is 2.48. The third-order valence-electron chi connectivity index (χ3n) is 3.76. The van der Waals surface area contributed by atoms with Gasteiger partial charge in [0.05, 0.1) is 11.7 Å². The van der Waals surface area contributed by atoms with Crippen molar-refractivity contribution in [2.45, 2.75) is 38.6 Å². The Morgan fingerprint density at radius 1 is 1.20 bits per heavy atom. The molecule has 20 heavy (non-hydrogen) atoms. The topological polar surface area (TPSA) is 32.3 Å². The summed E-state index contributed by atoms with van der Waals surface area (Å²) in [6.45, 7) is 3.60. The molecule has 0 saturated carbocycles. The van der Waals surface area contributed by atoms with E-state index in [0.717, 1.165) is 38.1 Å². The van der Waals surface area contributed by atoms with Gasteiger partial charge in [0, 0.05) is 6.07 Å². The summed E-state index contributed by atoms with van der Waals surface area (Å²) in [5.74, 6) is -1.65. The van der Waals surface area contributed by atoms with Gasteiger partial charge in [0.2, 0.25) is 5.91 Å². The first-order chi connectivity index (χ1) is 9.58. The molecule has 0 aromatic heterocycles. The van der Waals surface area contributed by atoms with Crippen LogP contribution >= 0.6 is 0 Å². The van der Waals surface area contributed by atoms with Crippen LogP contribution in [-0.4, -0.2) is 29.9 Å². The summed E-state index contributed by atoms with van der Waals surface area (Å²) in [7, 11) is 0. The summed E-state index contributed by atoms with van der Waals surface area (Å²) >= 11 is 0. The van der Waals surface area contributed by atoms with Gasteiger partial charge in [-0.25, -0.2) is 8.78 Å². The quantitative estimate of drug-likeness (QED) is 0.923. The standard InChI is InChI=1S/C15H20F2N2O/c1-11(19-8-4-2-3-5-9-19)15(20)18-14-7-6-12(16)10-13(14)17/h6-7,10-11H,2-5,8-9H2,1H3,(H,18,20)/t11-/m0/s1. The molecule has 1 aliphatic rings. The van der Waals surface area contributed by atoms with E-state index >= 15 is 0 Å². The van der Waals surface area contributed by atoms with Crippen molar-refractivity contribution in [3.63, 3.8) is 0 Å². The van der Waals surface area contributed by atoms with Crippen LogP contribution in [0.2, 0.25) is 0 Å². The smallest absolute Gasteiger partial charge is 0.241 e. The van der Waals surface area contributed by atoms with Crippen LogP contribution in [0.25, 0.3) is 0 Å². The van der Waals surface area contributed by atoms with Crippen molar-refractivity contribution in [2.75, 3.05) is 18.4 Å². The number of hydrogen-bond donors (Lipinski definition) is 1. The zero-order valence-electron chi connectivity index (χ0n) is 11.7. The summed E-state index contributed by atoms with van der Waals surface area (Å²) in [4.78, 5) is 14.3. The van der Waals surface area contributed by atoms with E-state index in [1.807, 2.05) is 6.92 Å². The van der Waals surface area contributed by atoms with Gasteiger partial charge < -0.3 is 5.32 Å². The molecule has 3 nitrogen and oxygen atoms in total. The molecule has 1 aliphatic heterocycles. The first kappa shape index (κ1) is 14.9. The maximum absolute atomic E-state index is 13.5. The SMILES string of the molecule is C[C@@H](C(=O)Nc1ccc(F)cc1F)N1CCCCCC1. The number of hydrogen-bond acceptors (Lipinski definition) is 2. The normalized spacial score (nSPS) is 18.4. The number of halogens is 2. The van der Waals surface area contributed by atoms with Crippen LogP contribution in [0.4, 0.5) is 14.5 Å². The fourth-order valence-corrected chi connectivity index (χ4v) is 2.48. The van der Waals surface area contributed by atoms with Crippen molar-refractivity contribution < 1.29 is 13.6 Å². The summed E-state index contributed by atoms with van der Waals surface area (Å²) in [5, 5.41) is 2.53. The van der Waals surface area contributed by atoms with Gasteiger partial charge in [0.25, 0.3) is 0 Å². The van der Waals surface area contributed by atoms with E-state index in [-0.39, 0.29) is 17.6 Å². The van der Waals surface area contributed by atoms with Gasteiger partial charge in [-0.05, 0) is 45.0 Å². The average molecular weight is 282 g/mol. The highest BCUT2D eigenvalue weighted by molar-refractivity contribution is 5.94. The lowest BCUT2D eigenvalue weighted by Crippen LogP contribution is -2.42. The number of nitrogens with zero attached hydrogens (tertiary/aromatic N) is 1. The zero-order valence-corrected chi connectivity index (χ0v) is 11.7. The fraction of sp³-hybridized carbons (Fsp3) is 0.533.